The van der Waals surface area contributed by atoms with Crippen molar-refractivity contribution >= 4 is 5.91 Å². The molecule has 0 radical (unpaired) electrons. The van der Waals surface area contributed by atoms with E-state index in [1.165, 1.54) is 31.9 Å². The van der Waals surface area contributed by atoms with Gasteiger partial charge in [0.05, 0.1) is 6.54 Å². The number of rotatable bonds is 4. The third kappa shape index (κ3) is 4.04. The van der Waals surface area contributed by atoms with Crippen LogP contribution in [0, 0.1) is 0 Å². The highest BCUT2D eigenvalue weighted by atomic mass is 16.3. The maximum Gasteiger partial charge on any atom is 0.275 e. The first-order valence-corrected chi connectivity index (χ1v) is 9.70. The zero-order valence-electron chi connectivity index (χ0n) is 15.0. The summed E-state index contributed by atoms with van der Waals surface area (Å²) in [4.78, 5) is 23.9. The van der Waals surface area contributed by atoms with Crippen molar-refractivity contribution in [1.82, 2.24) is 25.0 Å². The van der Waals surface area contributed by atoms with Crippen LogP contribution in [-0.2, 0) is 6.54 Å². The lowest BCUT2D eigenvalue weighted by atomic mass is 10.2. The monoisotopic (exact) mass is 347 g/mol. The molecule has 1 N–H and O–H groups in total. The lowest BCUT2D eigenvalue weighted by Gasteiger charge is -2.37. The van der Waals surface area contributed by atoms with Crippen LogP contribution in [0.25, 0.3) is 0 Å². The first kappa shape index (κ1) is 17.0. The maximum atomic E-state index is 12.7. The van der Waals surface area contributed by atoms with E-state index >= 15 is 0 Å². The van der Waals surface area contributed by atoms with Crippen LogP contribution in [0.15, 0.2) is 10.7 Å². The highest BCUT2D eigenvalue weighted by Crippen LogP contribution is 2.24. The summed E-state index contributed by atoms with van der Waals surface area (Å²) in [7, 11) is 0. The van der Waals surface area contributed by atoms with Gasteiger partial charge in [0, 0.05) is 58.4 Å². The first-order chi connectivity index (χ1) is 12.3. The van der Waals surface area contributed by atoms with Crippen LogP contribution >= 0.6 is 0 Å². The summed E-state index contributed by atoms with van der Waals surface area (Å²) < 4.78 is 5.55. The number of hydrogen-bond acceptors (Lipinski definition) is 6. The van der Waals surface area contributed by atoms with Gasteiger partial charge in [-0.1, -0.05) is 12.8 Å². The molecule has 25 heavy (non-hydrogen) atoms. The van der Waals surface area contributed by atoms with Gasteiger partial charge in [0.15, 0.2) is 5.69 Å². The molecule has 4 rings (SSSR count). The molecule has 0 aromatic carbocycles. The van der Waals surface area contributed by atoms with Crippen LogP contribution < -0.4 is 5.32 Å². The molecule has 2 saturated heterocycles. The highest BCUT2D eigenvalue weighted by molar-refractivity contribution is 5.92. The second-order valence-electron chi connectivity index (χ2n) is 7.42. The second-order valence-corrected chi connectivity index (χ2v) is 7.42. The van der Waals surface area contributed by atoms with E-state index < -0.39 is 0 Å². The number of amides is 1. The number of oxazole rings is 1. The van der Waals surface area contributed by atoms with Crippen molar-refractivity contribution < 1.29 is 9.21 Å². The van der Waals surface area contributed by atoms with E-state index in [0.29, 0.717) is 18.1 Å². The molecule has 0 bridgehead atoms. The van der Waals surface area contributed by atoms with Crippen LogP contribution in [0.4, 0.5) is 0 Å². The molecule has 3 aliphatic rings. The molecule has 0 spiro atoms. The van der Waals surface area contributed by atoms with Gasteiger partial charge in [-0.05, 0) is 12.8 Å². The number of nitrogens with zero attached hydrogens (tertiary/aromatic N) is 4. The molecule has 1 aromatic heterocycles. The molecular formula is C18H29N5O2. The minimum absolute atomic E-state index is 0.0152. The number of hydrogen-bond donors (Lipinski definition) is 1. The summed E-state index contributed by atoms with van der Waals surface area (Å²) in [5.74, 6) is 0.663. The SMILES string of the molecule is O=C(c1coc(CN2CCNCC2)n1)N1CCN(C2CCCC2)CC1. The van der Waals surface area contributed by atoms with E-state index in [4.69, 9.17) is 4.42 Å². The quantitative estimate of drug-likeness (QED) is 0.868. The minimum Gasteiger partial charge on any atom is -0.447 e. The molecule has 0 atom stereocenters. The van der Waals surface area contributed by atoms with Gasteiger partial charge in [0.2, 0.25) is 5.89 Å². The normalized spacial score (nSPS) is 24.1. The average Bonchev–Trinajstić information content (AvgIpc) is 3.34. The molecule has 1 aromatic rings. The van der Waals surface area contributed by atoms with Crippen LogP contribution in [0.2, 0.25) is 0 Å². The number of piperazine rings is 2. The van der Waals surface area contributed by atoms with Crippen LogP contribution in [-0.4, -0.2) is 84.0 Å². The fraction of sp³-hybridized carbons (Fsp3) is 0.778. The predicted molar refractivity (Wildman–Crippen MR) is 94.4 cm³/mol. The fourth-order valence-corrected chi connectivity index (χ4v) is 4.26. The third-order valence-corrected chi connectivity index (χ3v) is 5.78. The zero-order chi connectivity index (χ0) is 17.1. The van der Waals surface area contributed by atoms with Crippen molar-refractivity contribution in [1.29, 1.82) is 0 Å². The van der Waals surface area contributed by atoms with E-state index in [0.717, 1.165) is 58.4 Å². The molecule has 7 heteroatoms. The largest absolute Gasteiger partial charge is 0.447 e. The van der Waals surface area contributed by atoms with Gasteiger partial charge in [-0.15, -0.1) is 0 Å². The lowest BCUT2D eigenvalue weighted by molar-refractivity contribution is 0.0568. The Morgan fingerprint density at radius 3 is 2.56 bits per heavy atom. The highest BCUT2D eigenvalue weighted by Gasteiger charge is 2.29. The van der Waals surface area contributed by atoms with Crippen LogP contribution in [0.1, 0.15) is 42.1 Å². The number of aromatic nitrogens is 1. The Hall–Kier alpha value is -1.44. The topological polar surface area (TPSA) is 64.9 Å². The van der Waals surface area contributed by atoms with Gasteiger partial charge in [-0.2, -0.15) is 0 Å². The second kappa shape index (κ2) is 7.85. The Morgan fingerprint density at radius 1 is 1.12 bits per heavy atom. The van der Waals surface area contributed by atoms with E-state index in [-0.39, 0.29) is 5.91 Å². The Balaban J connectivity index is 1.29. The maximum absolute atomic E-state index is 12.7. The molecule has 3 fully saturated rings. The third-order valence-electron chi connectivity index (χ3n) is 5.78. The molecule has 138 valence electrons. The lowest BCUT2D eigenvalue weighted by Crippen LogP contribution is -2.51. The fourth-order valence-electron chi connectivity index (χ4n) is 4.26. The smallest absolute Gasteiger partial charge is 0.275 e. The van der Waals surface area contributed by atoms with E-state index in [1.807, 2.05) is 4.90 Å². The summed E-state index contributed by atoms with van der Waals surface area (Å²) >= 11 is 0. The molecule has 1 aliphatic carbocycles. The van der Waals surface area contributed by atoms with Gasteiger partial charge >= 0.3 is 0 Å². The van der Waals surface area contributed by atoms with Crippen LogP contribution in [0.3, 0.4) is 0 Å². The van der Waals surface area contributed by atoms with E-state index in [1.54, 1.807) is 0 Å². The van der Waals surface area contributed by atoms with Crippen molar-refractivity contribution in [2.24, 2.45) is 0 Å². The number of nitrogens with one attached hydrogen (secondary N) is 1. The number of carbonyl (C=O) groups is 1. The van der Waals surface area contributed by atoms with Gasteiger partial charge < -0.3 is 14.6 Å². The zero-order valence-corrected chi connectivity index (χ0v) is 15.0. The van der Waals surface area contributed by atoms with Gasteiger partial charge in [0.1, 0.15) is 6.26 Å². The van der Waals surface area contributed by atoms with Crippen molar-refractivity contribution in [3.63, 3.8) is 0 Å². The molecular weight excluding hydrogens is 318 g/mol. The number of carbonyl (C=O) groups excluding carboxylic acids is 1. The van der Waals surface area contributed by atoms with Crippen molar-refractivity contribution in [2.45, 2.75) is 38.3 Å². The first-order valence-electron chi connectivity index (χ1n) is 9.70. The summed E-state index contributed by atoms with van der Waals surface area (Å²) in [5, 5.41) is 3.33. The van der Waals surface area contributed by atoms with Gasteiger partial charge in [-0.25, -0.2) is 4.98 Å². The molecule has 7 nitrogen and oxygen atoms in total. The minimum atomic E-state index is 0.0152. The van der Waals surface area contributed by atoms with E-state index in [2.05, 4.69) is 20.1 Å². The Labute approximate surface area is 149 Å². The Morgan fingerprint density at radius 2 is 1.84 bits per heavy atom. The van der Waals surface area contributed by atoms with Gasteiger partial charge in [0.25, 0.3) is 5.91 Å². The van der Waals surface area contributed by atoms with Crippen LogP contribution in [0.5, 0.6) is 0 Å². The summed E-state index contributed by atoms with van der Waals surface area (Å²) in [6, 6.07) is 0.745. The Kier molecular flexibility index (Phi) is 5.33. The molecule has 1 amide bonds. The summed E-state index contributed by atoms with van der Waals surface area (Å²) in [6.07, 6.45) is 6.90. The molecule has 3 heterocycles. The standard InChI is InChI=1S/C18H29N5O2/c24-18(23-11-9-22(10-12-23)15-3-1-2-4-15)16-14-25-17(20-16)13-21-7-5-19-6-8-21/h14-15,19H,1-13H2. The summed E-state index contributed by atoms with van der Waals surface area (Å²) in [6.45, 7) is 8.25. The van der Waals surface area contributed by atoms with Crippen molar-refractivity contribution in [2.75, 3.05) is 52.4 Å². The van der Waals surface area contributed by atoms with Gasteiger partial charge in [-0.3, -0.25) is 14.6 Å². The molecule has 0 unspecified atom stereocenters. The predicted octanol–water partition coefficient (Wildman–Crippen LogP) is 0.780. The van der Waals surface area contributed by atoms with Crippen molar-refractivity contribution in [3.8, 4) is 0 Å². The average molecular weight is 347 g/mol. The summed E-state index contributed by atoms with van der Waals surface area (Å²) in [5.41, 5.74) is 0.458. The Bertz CT molecular complexity index is 570. The molecule has 2 aliphatic heterocycles. The molecule has 1 saturated carbocycles. The van der Waals surface area contributed by atoms with Crippen molar-refractivity contribution in [3.05, 3.63) is 17.8 Å². The van der Waals surface area contributed by atoms with E-state index in [9.17, 15) is 4.79 Å².